The largest absolute Gasteiger partial charge is 0.457 e. The number of primary sulfonamides is 1. The lowest BCUT2D eigenvalue weighted by molar-refractivity contribution is 0.477. The van der Waals surface area contributed by atoms with Crippen molar-refractivity contribution in [3.63, 3.8) is 0 Å². The van der Waals surface area contributed by atoms with E-state index in [2.05, 4.69) is 0 Å². The third-order valence-corrected chi connectivity index (χ3v) is 3.59. The van der Waals surface area contributed by atoms with Crippen molar-refractivity contribution < 1.29 is 13.2 Å². The first-order chi connectivity index (χ1) is 9.40. The minimum atomic E-state index is -3.77. The number of sulfonamides is 1. The molecule has 102 valence electrons. The van der Waals surface area contributed by atoms with Gasteiger partial charge in [0.2, 0.25) is 10.0 Å². The van der Waals surface area contributed by atoms with Gasteiger partial charge < -0.3 is 4.74 Å². The molecule has 0 aliphatic carbocycles. The number of nitrogens with two attached hydrogens (primary N) is 1. The third-order valence-electron chi connectivity index (χ3n) is 2.68. The van der Waals surface area contributed by atoms with Crippen molar-refractivity contribution in [2.75, 3.05) is 0 Å². The summed E-state index contributed by atoms with van der Waals surface area (Å²) in [6, 6.07) is 13.0. The van der Waals surface area contributed by atoms with Crippen LogP contribution < -0.4 is 9.88 Å². The monoisotopic (exact) mass is 288 g/mol. The van der Waals surface area contributed by atoms with E-state index in [0.29, 0.717) is 17.1 Å². The molecule has 20 heavy (non-hydrogen) atoms. The van der Waals surface area contributed by atoms with Gasteiger partial charge in [0.1, 0.15) is 11.5 Å². The molecule has 2 rings (SSSR count). The minimum Gasteiger partial charge on any atom is -0.457 e. The molecular formula is C14H12N2O3S. The fraction of sp³-hybridized carbons (Fsp3) is 0.0714. The van der Waals surface area contributed by atoms with Crippen LogP contribution in [0.15, 0.2) is 47.4 Å². The molecule has 0 aliphatic rings. The molecule has 0 fully saturated rings. The van der Waals surface area contributed by atoms with E-state index in [1.165, 1.54) is 12.1 Å². The van der Waals surface area contributed by atoms with Crippen LogP contribution in [0.1, 0.15) is 11.1 Å². The molecule has 2 aromatic carbocycles. The minimum absolute atomic E-state index is 0.0240. The summed E-state index contributed by atoms with van der Waals surface area (Å²) in [6.07, 6.45) is 0. The summed E-state index contributed by atoms with van der Waals surface area (Å²) in [5.41, 5.74) is 1.30. The average molecular weight is 288 g/mol. The van der Waals surface area contributed by atoms with Gasteiger partial charge in [-0.25, -0.2) is 13.6 Å². The summed E-state index contributed by atoms with van der Waals surface area (Å²) in [7, 11) is -3.77. The molecule has 0 saturated heterocycles. The van der Waals surface area contributed by atoms with Crippen molar-refractivity contribution in [3.05, 3.63) is 53.6 Å². The Bertz CT molecular complexity index is 792. The van der Waals surface area contributed by atoms with Crippen LogP contribution >= 0.6 is 0 Å². The molecule has 0 amide bonds. The van der Waals surface area contributed by atoms with Crippen LogP contribution in [0.3, 0.4) is 0 Å². The van der Waals surface area contributed by atoms with Crippen LogP contribution in [-0.2, 0) is 10.0 Å². The number of hydrogen-bond acceptors (Lipinski definition) is 4. The number of nitrogens with zero attached hydrogens (tertiary/aromatic N) is 1. The van der Waals surface area contributed by atoms with E-state index in [0.717, 1.165) is 5.56 Å². The topological polar surface area (TPSA) is 93.2 Å². The van der Waals surface area contributed by atoms with Gasteiger partial charge in [-0.1, -0.05) is 12.1 Å². The van der Waals surface area contributed by atoms with Crippen LogP contribution in [0.4, 0.5) is 0 Å². The van der Waals surface area contributed by atoms with Crippen LogP contribution in [0, 0.1) is 18.3 Å². The van der Waals surface area contributed by atoms with Gasteiger partial charge in [0.05, 0.1) is 16.5 Å². The fourth-order valence-electron chi connectivity index (χ4n) is 1.62. The van der Waals surface area contributed by atoms with Crippen LogP contribution in [0.25, 0.3) is 0 Å². The Morgan fingerprint density at radius 1 is 1.20 bits per heavy atom. The number of nitriles is 1. The molecule has 0 aromatic heterocycles. The van der Waals surface area contributed by atoms with Crippen LogP contribution in [-0.4, -0.2) is 8.42 Å². The first kappa shape index (κ1) is 14.1. The Labute approximate surface area is 117 Å². The summed E-state index contributed by atoms with van der Waals surface area (Å²) in [5.74, 6) is 0.838. The van der Waals surface area contributed by atoms with Gasteiger partial charge in [0, 0.05) is 6.07 Å². The zero-order valence-corrected chi connectivity index (χ0v) is 11.5. The van der Waals surface area contributed by atoms with Gasteiger partial charge in [-0.15, -0.1) is 0 Å². The number of hydrogen-bond donors (Lipinski definition) is 1. The highest BCUT2D eigenvalue weighted by Crippen LogP contribution is 2.27. The first-order valence-corrected chi connectivity index (χ1v) is 7.26. The zero-order valence-electron chi connectivity index (χ0n) is 10.7. The zero-order chi connectivity index (χ0) is 14.8. The molecule has 0 heterocycles. The predicted octanol–water partition coefficient (Wildman–Crippen LogP) is 2.31. The summed E-state index contributed by atoms with van der Waals surface area (Å²) in [5, 5.41) is 13.9. The Hall–Kier alpha value is -2.36. The van der Waals surface area contributed by atoms with Crippen LogP contribution in [0.5, 0.6) is 11.5 Å². The lowest BCUT2D eigenvalue weighted by Gasteiger charge is -2.09. The second-order valence-electron chi connectivity index (χ2n) is 4.21. The van der Waals surface area contributed by atoms with Crippen LogP contribution in [0.2, 0.25) is 0 Å². The number of rotatable bonds is 3. The lowest BCUT2D eigenvalue weighted by Crippen LogP contribution is -2.11. The number of benzene rings is 2. The van der Waals surface area contributed by atoms with Crippen molar-refractivity contribution in [3.8, 4) is 17.6 Å². The summed E-state index contributed by atoms with van der Waals surface area (Å²) < 4.78 is 28.2. The summed E-state index contributed by atoms with van der Waals surface area (Å²) in [4.78, 5) is -0.0240. The third kappa shape index (κ3) is 3.15. The molecule has 5 nitrogen and oxygen atoms in total. The number of aryl methyl sites for hydroxylation is 1. The highest BCUT2D eigenvalue weighted by molar-refractivity contribution is 7.89. The molecule has 2 aromatic rings. The SMILES string of the molecule is Cc1ccc(C#N)cc1Oc1cccc(S(N)(=O)=O)c1. The van der Waals surface area contributed by atoms with Gasteiger partial charge in [-0.05, 0) is 36.8 Å². The normalized spacial score (nSPS) is 10.8. The van der Waals surface area contributed by atoms with Crippen molar-refractivity contribution in [2.24, 2.45) is 5.14 Å². The van der Waals surface area contributed by atoms with Gasteiger partial charge in [0.15, 0.2) is 0 Å². The Morgan fingerprint density at radius 2 is 1.95 bits per heavy atom. The molecule has 0 atom stereocenters. The van der Waals surface area contributed by atoms with Gasteiger partial charge in [0.25, 0.3) is 0 Å². The standard InChI is InChI=1S/C14H12N2O3S/c1-10-5-6-11(9-15)7-14(10)19-12-3-2-4-13(8-12)20(16,17)18/h2-8H,1H3,(H2,16,17,18). The van der Waals surface area contributed by atoms with Crippen molar-refractivity contribution >= 4 is 10.0 Å². The Morgan fingerprint density at radius 3 is 2.60 bits per heavy atom. The van der Waals surface area contributed by atoms with Gasteiger partial charge >= 0.3 is 0 Å². The molecule has 2 N–H and O–H groups in total. The maximum absolute atomic E-state index is 11.3. The molecular weight excluding hydrogens is 276 g/mol. The highest BCUT2D eigenvalue weighted by Gasteiger charge is 2.10. The van der Waals surface area contributed by atoms with Crippen molar-refractivity contribution in [1.82, 2.24) is 0 Å². The van der Waals surface area contributed by atoms with Crippen molar-refractivity contribution in [1.29, 1.82) is 5.26 Å². The van der Waals surface area contributed by atoms with E-state index in [-0.39, 0.29) is 4.90 Å². The maximum atomic E-state index is 11.3. The molecule has 0 bridgehead atoms. The van der Waals surface area contributed by atoms with E-state index in [1.54, 1.807) is 30.3 Å². The predicted molar refractivity (Wildman–Crippen MR) is 73.8 cm³/mol. The van der Waals surface area contributed by atoms with E-state index in [9.17, 15) is 8.42 Å². The highest BCUT2D eigenvalue weighted by atomic mass is 32.2. The van der Waals surface area contributed by atoms with Gasteiger partial charge in [-0.3, -0.25) is 0 Å². The maximum Gasteiger partial charge on any atom is 0.238 e. The second-order valence-corrected chi connectivity index (χ2v) is 5.78. The Balaban J connectivity index is 2.38. The molecule has 0 radical (unpaired) electrons. The quantitative estimate of drug-likeness (QED) is 0.937. The molecule has 0 aliphatic heterocycles. The molecule has 0 unspecified atom stereocenters. The number of ether oxygens (including phenoxy) is 1. The summed E-state index contributed by atoms with van der Waals surface area (Å²) >= 11 is 0. The van der Waals surface area contributed by atoms with E-state index in [1.807, 2.05) is 13.0 Å². The van der Waals surface area contributed by atoms with E-state index in [4.69, 9.17) is 15.1 Å². The smallest absolute Gasteiger partial charge is 0.238 e. The Kier molecular flexibility index (Phi) is 3.74. The lowest BCUT2D eigenvalue weighted by atomic mass is 10.1. The molecule has 0 saturated carbocycles. The second kappa shape index (κ2) is 5.33. The van der Waals surface area contributed by atoms with E-state index < -0.39 is 10.0 Å². The average Bonchev–Trinajstić information content (AvgIpc) is 2.41. The van der Waals surface area contributed by atoms with Gasteiger partial charge in [-0.2, -0.15) is 5.26 Å². The van der Waals surface area contributed by atoms with E-state index >= 15 is 0 Å². The molecule has 0 spiro atoms. The summed E-state index contributed by atoms with van der Waals surface area (Å²) in [6.45, 7) is 1.83. The molecule has 6 heteroatoms. The van der Waals surface area contributed by atoms with Crippen molar-refractivity contribution in [2.45, 2.75) is 11.8 Å². The first-order valence-electron chi connectivity index (χ1n) is 5.71. The fourth-order valence-corrected chi connectivity index (χ4v) is 2.17.